The maximum atomic E-state index is 11.2. The minimum atomic E-state index is -1.59. The highest BCUT2D eigenvalue weighted by molar-refractivity contribution is 5.73. The zero-order valence-electron chi connectivity index (χ0n) is 12.0. The average molecular weight is 309 g/mol. The van der Waals surface area contributed by atoms with Gasteiger partial charge in [-0.2, -0.15) is 0 Å². The number of aliphatic hydroxyl groups excluding tert-OH is 5. The Kier molecular flexibility index (Phi) is 6.47. The number of ether oxygens (including phenoxy) is 2. The second-order valence-electron chi connectivity index (χ2n) is 5.09. The van der Waals surface area contributed by atoms with Crippen molar-refractivity contribution < 1.29 is 39.8 Å². The molecule has 0 spiro atoms. The summed E-state index contributed by atoms with van der Waals surface area (Å²) in [6.07, 6.45) is -5.72. The van der Waals surface area contributed by atoms with Crippen LogP contribution in [-0.2, 0) is 14.3 Å². The Bertz CT molecular complexity index is 348. The van der Waals surface area contributed by atoms with Crippen molar-refractivity contribution in [2.24, 2.45) is 0 Å². The first kappa shape index (κ1) is 18.2. The van der Waals surface area contributed by atoms with Gasteiger partial charge in [-0.3, -0.25) is 4.79 Å². The zero-order chi connectivity index (χ0) is 16.2. The van der Waals surface area contributed by atoms with E-state index < -0.39 is 55.4 Å². The van der Waals surface area contributed by atoms with Crippen molar-refractivity contribution >= 4 is 5.91 Å². The maximum Gasteiger partial charge on any atom is 0.217 e. The molecule has 0 aromatic carbocycles. The molecule has 0 bridgehead atoms. The van der Waals surface area contributed by atoms with Crippen LogP contribution in [0.1, 0.15) is 13.3 Å². The van der Waals surface area contributed by atoms with E-state index in [0.29, 0.717) is 0 Å². The molecule has 1 amide bonds. The third-order valence-corrected chi connectivity index (χ3v) is 3.54. The fourth-order valence-electron chi connectivity index (χ4n) is 2.35. The van der Waals surface area contributed by atoms with Gasteiger partial charge in [-0.1, -0.05) is 0 Å². The van der Waals surface area contributed by atoms with Gasteiger partial charge in [0.25, 0.3) is 0 Å². The van der Waals surface area contributed by atoms with E-state index in [1.807, 2.05) is 0 Å². The fraction of sp³-hybridized carbons (Fsp3) is 0.917. The molecule has 6 N–H and O–H groups in total. The lowest BCUT2D eigenvalue weighted by atomic mass is 9.89. The zero-order valence-corrected chi connectivity index (χ0v) is 12.0. The summed E-state index contributed by atoms with van der Waals surface area (Å²) in [5, 5.41) is 50.5. The van der Waals surface area contributed by atoms with Gasteiger partial charge in [-0.25, -0.2) is 0 Å². The van der Waals surface area contributed by atoms with E-state index in [0.717, 1.165) is 0 Å². The minimum absolute atomic E-state index is 0.136. The molecule has 1 aliphatic rings. The summed E-state index contributed by atoms with van der Waals surface area (Å²) in [6, 6.07) is -1.02. The smallest absolute Gasteiger partial charge is 0.217 e. The van der Waals surface area contributed by atoms with Gasteiger partial charge in [0.1, 0.15) is 18.3 Å². The van der Waals surface area contributed by atoms with Gasteiger partial charge in [0.15, 0.2) is 5.79 Å². The van der Waals surface area contributed by atoms with Gasteiger partial charge < -0.3 is 40.3 Å². The predicted molar refractivity (Wildman–Crippen MR) is 69.0 cm³/mol. The first-order valence-corrected chi connectivity index (χ1v) is 6.56. The summed E-state index contributed by atoms with van der Waals surface area (Å²) >= 11 is 0. The summed E-state index contributed by atoms with van der Waals surface area (Å²) in [7, 11) is 1.26. The Morgan fingerprint density at radius 2 is 2.10 bits per heavy atom. The highest BCUT2D eigenvalue weighted by atomic mass is 16.7. The Balaban J connectivity index is 3.04. The monoisotopic (exact) mass is 309 g/mol. The van der Waals surface area contributed by atoms with Gasteiger partial charge in [-0.05, 0) is 0 Å². The molecular formula is C12H23NO8. The highest BCUT2D eigenvalue weighted by Crippen LogP contribution is 2.32. The number of aliphatic hydroxyl groups is 5. The number of carbonyl (C=O) groups is 1. The molecule has 9 nitrogen and oxygen atoms in total. The lowest BCUT2D eigenvalue weighted by Gasteiger charge is -2.47. The van der Waals surface area contributed by atoms with Crippen molar-refractivity contribution in [3.8, 4) is 0 Å². The summed E-state index contributed by atoms with van der Waals surface area (Å²) < 4.78 is 10.5. The van der Waals surface area contributed by atoms with Gasteiger partial charge in [0.05, 0.1) is 25.4 Å². The van der Waals surface area contributed by atoms with Gasteiger partial charge in [0, 0.05) is 20.5 Å². The molecule has 0 radical (unpaired) electrons. The lowest BCUT2D eigenvalue weighted by Crippen LogP contribution is -2.66. The number of hydrogen-bond acceptors (Lipinski definition) is 8. The molecule has 1 fully saturated rings. The van der Waals surface area contributed by atoms with Crippen LogP contribution in [0.5, 0.6) is 0 Å². The Morgan fingerprint density at radius 3 is 2.52 bits per heavy atom. The third-order valence-electron chi connectivity index (χ3n) is 3.54. The molecule has 6 atom stereocenters. The van der Waals surface area contributed by atoms with Crippen LogP contribution in [0.4, 0.5) is 0 Å². The third kappa shape index (κ3) is 4.10. The van der Waals surface area contributed by atoms with E-state index >= 15 is 0 Å². The van der Waals surface area contributed by atoms with Crippen molar-refractivity contribution in [1.82, 2.24) is 5.32 Å². The van der Waals surface area contributed by atoms with E-state index in [4.69, 9.17) is 14.6 Å². The molecular weight excluding hydrogens is 286 g/mol. The molecule has 0 aromatic heterocycles. The lowest BCUT2D eigenvalue weighted by molar-refractivity contribution is -0.321. The van der Waals surface area contributed by atoms with Crippen LogP contribution in [0.3, 0.4) is 0 Å². The predicted octanol–water partition coefficient (Wildman–Crippen LogP) is -3.31. The number of methoxy groups -OCH3 is 1. The van der Waals surface area contributed by atoms with Crippen LogP contribution in [0.2, 0.25) is 0 Å². The largest absolute Gasteiger partial charge is 0.394 e. The van der Waals surface area contributed by atoms with E-state index in [1.165, 1.54) is 14.0 Å². The van der Waals surface area contributed by atoms with Crippen LogP contribution < -0.4 is 5.32 Å². The molecule has 0 aliphatic carbocycles. The molecule has 0 saturated carbocycles. The Hall–Kier alpha value is -0.810. The van der Waals surface area contributed by atoms with Crippen molar-refractivity contribution in [2.75, 3.05) is 20.3 Å². The van der Waals surface area contributed by atoms with Gasteiger partial charge >= 0.3 is 0 Å². The van der Waals surface area contributed by atoms with Crippen molar-refractivity contribution in [2.45, 2.75) is 49.6 Å². The van der Waals surface area contributed by atoms with E-state index in [-0.39, 0.29) is 6.42 Å². The van der Waals surface area contributed by atoms with E-state index in [2.05, 4.69) is 5.32 Å². The van der Waals surface area contributed by atoms with Crippen LogP contribution >= 0.6 is 0 Å². The number of rotatable bonds is 6. The maximum absolute atomic E-state index is 11.2. The highest BCUT2D eigenvalue weighted by Gasteiger charge is 2.50. The quantitative estimate of drug-likeness (QED) is 0.299. The normalized spacial score (nSPS) is 36.0. The van der Waals surface area contributed by atoms with E-state index in [1.54, 1.807) is 0 Å². The molecule has 1 rings (SSSR count). The number of amides is 1. The van der Waals surface area contributed by atoms with Crippen molar-refractivity contribution in [1.29, 1.82) is 0 Å². The van der Waals surface area contributed by atoms with Crippen LogP contribution in [0, 0.1) is 0 Å². The molecule has 0 aromatic rings. The summed E-state index contributed by atoms with van der Waals surface area (Å²) in [5.41, 5.74) is 0. The van der Waals surface area contributed by atoms with E-state index in [9.17, 15) is 25.2 Å². The molecule has 1 aliphatic heterocycles. The van der Waals surface area contributed by atoms with Crippen molar-refractivity contribution in [3.63, 3.8) is 0 Å². The molecule has 9 heteroatoms. The topological polar surface area (TPSA) is 149 Å². The average Bonchev–Trinajstić information content (AvgIpc) is 2.47. The Labute approximate surface area is 122 Å². The Morgan fingerprint density at radius 1 is 1.48 bits per heavy atom. The second kappa shape index (κ2) is 7.45. The molecule has 1 heterocycles. The number of nitrogens with one attached hydrogen (secondary N) is 1. The standard InChI is InChI=1S/C12H23NO8/c1-6(16)13-9-7(17)3-12(5-15,20-2)21-11(9)10(19)8(18)4-14/h7-11,14-15,17-19H,3-5H2,1-2H3,(H,13,16)/t7-,8+,9+,10+,11+,12+/m0/s1. The minimum Gasteiger partial charge on any atom is -0.394 e. The molecule has 124 valence electrons. The second-order valence-corrected chi connectivity index (χ2v) is 5.09. The van der Waals surface area contributed by atoms with Gasteiger partial charge in [-0.15, -0.1) is 0 Å². The van der Waals surface area contributed by atoms with Crippen LogP contribution in [-0.4, -0.2) is 88.0 Å². The summed E-state index contributed by atoms with van der Waals surface area (Å²) in [4.78, 5) is 11.2. The van der Waals surface area contributed by atoms with Crippen molar-refractivity contribution in [3.05, 3.63) is 0 Å². The van der Waals surface area contributed by atoms with Crippen LogP contribution in [0.25, 0.3) is 0 Å². The summed E-state index contributed by atoms with van der Waals surface area (Å²) in [5.74, 6) is -2.03. The SMILES string of the molecule is CO[C@]1(CO)C[C@H](O)[C@@H](NC(C)=O)[C@H]([C@H](O)[C@H](O)CO)O1. The first-order chi connectivity index (χ1) is 9.80. The fourth-order valence-corrected chi connectivity index (χ4v) is 2.35. The van der Waals surface area contributed by atoms with Gasteiger partial charge in [0.2, 0.25) is 5.91 Å². The molecule has 0 unspecified atom stereocenters. The molecule has 21 heavy (non-hydrogen) atoms. The number of carbonyl (C=O) groups excluding carboxylic acids is 1. The number of hydrogen-bond donors (Lipinski definition) is 6. The first-order valence-electron chi connectivity index (χ1n) is 6.56. The van der Waals surface area contributed by atoms with Crippen LogP contribution in [0.15, 0.2) is 0 Å². The summed E-state index contributed by atoms with van der Waals surface area (Å²) in [6.45, 7) is -0.0995. The molecule has 1 saturated heterocycles.